The Morgan fingerprint density at radius 1 is 1.37 bits per heavy atom. The third-order valence-corrected chi connectivity index (χ3v) is 5.46. The van der Waals surface area contributed by atoms with Gasteiger partial charge in [-0.25, -0.2) is 0 Å². The smallest absolute Gasteiger partial charge is 0.308 e. The van der Waals surface area contributed by atoms with Crippen LogP contribution in [0.1, 0.15) is 50.0 Å². The molecule has 1 aromatic heterocycles. The number of nitrogens with zero attached hydrogens (tertiary/aromatic N) is 2. The van der Waals surface area contributed by atoms with Crippen molar-refractivity contribution < 1.29 is 9.53 Å². The van der Waals surface area contributed by atoms with Gasteiger partial charge in [0, 0.05) is 5.69 Å². The Balaban J connectivity index is 2.00. The molecule has 0 atom stereocenters. The molecule has 2 rings (SSSR count). The Morgan fingerprint density at radius 3 is 2.47 bits per heavy atom. The van der Waals surface area contributed by atoms with Crippen molar-refractivity contribution in [3.05, 3.63) is 15.0 Å². The summed E-state index contributed by atoms with van der Waals surface area (Å²) < 4.78 is 8.51. The van der Waals surface area contributed by atoms with Gasteiger partial charge in [-0.1, -0.05) is 0 Å². The monoisotopic (exact) mass is 376 g/mol. The lowest BCUT2D eigenvalue weighted by Crippen LogP contribution is -2.26. The number of carbonyl (C=O) groups excluding carboxylic acids is 1. The summed E-state index contributed by atoms with van der Waals surface area (Å²) in [5, 5.41) is 4.63. The highest BCUT2D eigenvalue weighted by Gasteiger charge is 2.29. The number of hydrogen-bond acceptors (Lipinski definition) is 3. The number of ether oxygens (including phenoxy) is 1. The molecule has 1 aromatic rings. The zero-order valence-corrected chi connectivity index (χ0v) is 13.9. The first-order chi connectivity index (χ1) is 9.04. The minimum Gasteiger partial charge on any atom is -0.466 e. The molecular formula is C14H21IN2O2. The van der Waals surface area contributed by atoms with E-state index in [4.69, 9.17) is 4.74 Å². The summed E-state index contributed by atoms with van der Waals surface area (Å²) in [6.45, 7) is 6.52. The van der Waals surface area contributed by atoms with Gasteiger partial charge in [0.2, 0.25) is 0 Å². The lowest BCUT2D eigenvalue weighted by Gasteiger charge is -2.28. The quantitative estimate of drug-likeness (QED) is 0.600. The van der Waals surface area contributed by atoms with Gasteiger partial charge < -0.3 is 4.74 Å². The molecule has 0 unspecified atom stereocenters. The van der Waals surface area contributed by atoms with Crippen molar-refractivity contribution in [3.8, 4) is 0 Å². The average molecular weight is 376 g/mol. The normalized spacial score (nSPS) is 23.4. The third kappa shape index (κ3) is 3.12. The fourth-order valence-electron chi connectivity index (χ4n) is 2.81. The van der Waals surface area contributed by atoms with E-state index in [0.29, 0.717) is 12.6 Å². The number of aromatic nitrogens is 2. The Labute approximate surface area is 128 Å². The minimum atomic E-state index is -0.0242. The second-order valence-corrected chi connectivity index (χ2v) is 6.27. The van der Waals surface area contributed by atoms with E-state index < -0.39 is 0 Å². The van der Waals surface area contributed by atoms with E-state index in [1.807, 2.05) is 6.92 Å². The maximum atomic E-state index is 11.7. The van der Waals surface area contributed by atoms with Gasteiger partial charge in [-0.05, 0) is 69.0 Å². The summed E-state index contributed by atoms with van der Waals surface area (Å²) in [7, 11) is 0. The predicted octanol–water partition coefficient (Wildman–Crippen LogP) is 3.40. The third-order valence-electron chi connectivity index (χ3n) is 3.90. The Bertz CT molecular complexity index is 462. The number of carbonyl (C=O) groups is 1. The molecule has 0 spiro atoms. The fraction of sp³-hybridized carbons (Fsp3) is 0.714. The molecule has 1 heterocycles. The molecule has 19 heavy (non-hydrogen) atoms. The molecule has 0 amide bonds. The molecule has 5 heteroatoms. The molecule has 0 radical (unpaired) electrons. The van der Waals surface area contributed by atoms with Gasteiger partial charge in [0.1, 0.15) is 0 Å². The van der Waals surface area contributed by atoms with E-state index in [0.717, 1.165) is 31.4 Å². The molecule has 0 aliphatic heterocycles. The summed E-state index contributed by atoms with van der Waals surface area (Å²) in [6.07, 6.45) is 3.86. The number of hydrogen-bond donors (Lipinski definition) is 0. The molecule has 106 valence electrons. The van der Waals surface area contributed by atoms with Crippen LogP contribution in [-0.4, -0.2) is 22.4 Å². The molecule has 1 aliphatic rings. The lowest BCUT2D eigenvalue weighted by molar-refractivity contribution is -0.149. The van der Waals surface area contributed by atoms with E-state index in [-0.39, 0.29) is 11.9 Å². The number of esters is 1. The van der Waals surface area contributed by atoms with E-state index in [9.17, 15) is 4.79 Å². The lowest BCUT2D eigenvalue weighted by atomic mass is 9.86. The van der Waals surface area contributed by atoms with Gasteiger partial charge in [0.25, 0.3) is 0 Å². The van der Waals surface area contributed by atoms with Crippen LogP contribution in [0.15, 0.2) is 0 Å². The van der Waals surface area contributed by atoms with Crippen LogP contribution >= 0.6 is 22.6 Å². The van der Waals surface area contributed by atoms with E-state index in [1.165, 1.54) is 9.26 Å². The zero-order chi connectivity index (χ0) is 14.0. The van der Waals surface area contributed by atoms with Crippen LogP contribution in [0.25, 0.3) is 0 Å². The molecule has 1 fully saturated rings. The van der Waals surface area contributed by atoms with Gasteiger partial charge in [-0.3, -0.25) is 9.48 Å². The van der Waals surface area contributed by atoms with Crippen LogP contribution in [0, 0.1) is 23.3 Å². The standard InChI is InChI=1S/C14H21IN2O2/c1-4-19-14(18)11-5-7-12(8-6-11)17-10(3)13(15)9(2)16-17/h11-12H,4-8H2,1-3H3. The largest absolute Gasteiger partial charge is 0.466 e. The van der Waals surface area contributed by atoms with Crippen LogP contribution in [0.2, 0.25) is 0 Å². The van der Waals surface area contributed by atoms with Crippen LogP contribution in [0.5, 0.6) is 0 Å². The molecule has 4 nitrogen and oxygen atoms in total. The van der Waals surface area contributed by atoms with Gasteiger partial charge in [-0.15, -0.1) is 0 Å². The van der Waals surface area contributed by atoms with Crippen LogP contribution in [-0.2, 0) is 9.53 Å². The van der Waals surface area contributed by atoms with Crippen LogP contribution < -0.4 is 0 Å². The average Bonchev–Trinajstić information content (AvgIpc) is 2.67. The van der Waals surface area contributed by atoms with Crippen molar-refractivity contribution in [1.29, 1.82) is 0 Å². The van der Waals surface area contributed by atoms with E-state index >= 15 is 0 Å². The van der Waals surface area contributed by atoms with E-state index in [2.05, 4.69) is 46.2 Å². The van der Waals surface area contributed by atoms with Crippen molar-refractivity contribution in [2.45, 2.75) is 52.5 Å². The van der Waals surface area contributed by atoms with Crippen molar-refractivity contribution >= 4 is 28.6 Å². The molecule has 0 saturated heterocycles. The van der Waals surface area contributed by atoms with Crippen molar-refractivity contribution in [2.24, 2.45) is 5.92 Å². The fourth-order valence-corrected chi connectivity index (χ4v) is 3.17. The first-order valence-electron chi connectivity index (χ1n) is 6.92. The predicted molar refractivity (Wildman–Crippen MR) is 82.0 cm³/mol. The zero-order valence-electron chi connectivity index (χ0n) is 11.8. The van der Waals surface area contributed by atoms with Crippen LogP contribution in [0.3, 0.4) is 0 Å². The SMILES string of the molecule is CCOC(=O)C1CCC(n2nc(C)c(I)c2C)CC1. The number of rotatable bonds is 3. The molecule has 1 saturated carbocycles. The molecule has 0 N–H and O–H groups in total. The summed E-state index contributed by atoms with van der Waals surface area (Å²) >= 11 is 2.35. The first-order valence-corrected chi connectivity index (χ1v) is 8.00. The Morgan fingerprint density at radius 2 is 2.00 bits per heavy atom. The van der Waals surface area contributed by atoms with Crippen molar-refractivity contribution in [1.82, 2.24) is 9.78 Å². The summed E-state index contributed by atoms with van der Waals surface area (Å²) in [5.41, 5.74) is 2.35. The summed E-state index contributed by atoms with van der Waals surface area (Å²) in [4.78, 5) is 11.7. The highest BCUT2D eigenvalue weighted by atomic mass is 127. The summed E-state index contributed by atoms with van der Waals surface area (Å²) in [5.74, 6) is 0.0659. The van der Waals surface area contributed by atoms with Crippen LogP contribution in [0.4, 0.5) is 0 Å². The first kappa shape index (κ1) is 14.8. The van der Waals surface area contributed by atoms with Gasteiger partial charge in [0.05, 0.1) is 27.8 Å². The highest BCUT2D eigenvalue weighted by Crippen LogP contribution is 2.34. The maximum absolute atomic E-state index is 11.7. The van der Waals surface area contributed by atoms with E-state index in [1.54, 1.807) is 0 Å². The van der Waals surface area contributed by atoms with Crippen molar-refractivity contribution in [2.75, 3.05) is 6.61 Å². The minimum absolute atomic E-state index is 0.0242. The number of aryl methyl sites for hydroxylation is 1. The Hall–Kier alpha value is -0.590. The summed E-state index contributed by atoms with van der Waals surface area (Å²) in [6, 6.07) is 0.438. The van der Waals surface area contributed by atoms with Gasteiger partial charge in [-0.2, -0.15) is 5.10 Å². The second kappa shape index (κ2) is 6.24. The maximum Gasteiger partial charge on any atom is 0.308 e. The molecule has 0 bridgehead atoms. The van der Waals surface area contributed by atoms with Gasteiger partial charge in [0.15, 0.2) is 0 Å². The van der Waals surface area contributed by atoms with Crippen molar-refractivity contribution in [3.63, 3.8) is 0 Å². The second-order valence-electron chi connectivity index (χ2n) is 5.19. The topological polar surface area (TPSA) is 44.1 Å². The van der Waals surface area contributed by atoms with Gasteiger partial charge >= 0.3 is 5.97 Å². The molecular weight excluding hydrogens is 355 g/mol. The number of halogens is 1. The molecule has 0 aromatic carbocycles. The Kier molecular flexibility index (Phi) is 4.86. The highest BCUT2D eigenvalue weighted by molar-refractivity contribution is 14.1. The molecule has 1 aliphatic carbocycles.